The van der Waals surface area contributed by atoms with Crippen LogP contribution in [0.1, 0.15) is 25.7 Å². The summed E-state index contributed by atoms with van der Waals surface area (Å²) in [5.74, 6) is 0.788. The molecular formula is C13H14N6. The molecule has 0 bridgehead atoms. The fourth-order valence-electron chi connectivity index (χ4n) is 2.77. The highest BCUT2D eigenvalue weighted by Gasteiger charge is 2.18. The van der Waals surface area contributed by atoms with Crippen molar-refractivity contribution >= 4 is 22.5 Å². The average molecular weight is 254 g/mol. The van der Waals surface area contributed by atoms with Crippen molar-refractivity contribution in [3.05, 3.63) is 24.3 Å². The van der Waals surface area contributed by atoms with Crippen LogP contribution in [0.15, 0.2) is 24.3 Å². The highest BCUT2D eigenvalue weighted by Crippen LogP contribution is 2.24. The Kier molecular flexibility index (Phi) is 2.33. The van der Waals surface area contributed by atoms with Crippen LogP contribution >= 0.6 is 0 Å². The van der Waals surface area contributed by atoms with Gasteiger partial charge in [-0.05, 0) is 35.4 Å². The van der Waals surface area contributed by atoms with Gasteiger partial charge in [-0.1, -0.05) is 25.0 Å². The van der Waals surface area contributed by atoms with E-state index in [4.69, 9.17) is 0 Å². The maximum atomic E-state index is 4.66. The van der Waals surface area contributed by atoms with Gasteiger partial charge in [-0.15, -0.1) is 5.10 Å². The van der Waals surface area contributed by atoms with Crippen molar-refractivity contribution < 1.29 is 0 Å². The molecule has 1 aliphatic rings. The van der Waals surface area contributed by atoms with E-state index in [0.717, 1.165) is 16.9 Å². The highest BCUT2D eigenvalue weighted by atomic mass is 15.5. The molecular weight excluding hydrogens is 240 g/mol. The Balaban J connectivity index is 1.89. The molecule has 3 aromatic rings. The largest absolute Gasteiger partial charge is 0.364 e. The van der Waals surface area contributed by atoms with Crippen LogP contribution in [0.2, 0.25) is 0 Å². The molecule has 0 radical (unpaired) electrons. The molecule has 1 saturated carbocycles. The number of fused-ring (bicyclic) bond motifs is 3. The van der Waals surface area contributed by atoms with Gasteiger partial charge in [-0.3, -0.25) is 0 Å². The molecule has 0 atom stereocenters. The molecule has 6 nitrogen and oxygen atoms in total. The van der Waals surface area contributed by atoms with Crippen LogP contribution in [0, 0.1) is 0 Å². The molecule has 1 aliphatic carbocycles. The number of anilines is 1. The maximum absolute atomic E-state index is 4.66. The minimum atomic E-state index is 0.495. The third kappa shape index (κ3) is 1.71. The fraction of sp³-hybridized carbons (Fsp3) is 0.385. The Hall–Kier alpha value is -2.24. The molecule has 4 rings (SSSR count). The lowest BCUT2D eigenvalue weighted by Crippen LogP contribution is -2.16. The molecule has 19 heavy (non-hydrogen) atoms. The summed E-state index contributed by atoms with van der Waals surface area (Å²) in [6, 6.07) is 8.40. The van der Waals surface area contributed by atoms with Crippen LogP contribution < -0.4 is 5.32 Å². The van der Waals surface area contributed by atoms with Crippen molar-refractivity contribution in [3.63, 3.8) is 0 Å². The summed E-state index contributed by atoms with van der Waals surface area (Å²) >= 11 is 0. The molecule has 1 fully saturated rings. The number of nitrogens with zero attached hydrogens (tertiary/aromatic N) is 5. The van der Waals surface area contributed by atoms with Crippen molar-refractivity contribution in [2.45, 2.75) is 31.7 Å². The van der Waals surface area contributed by atoms with Gasteiger partial charge in [0.2, 0.25) is 5.65 Å². The number of tetrazole rings is 1. The lowest BCUT2D eigenvalue weighted by Gasteiger charge is -2.13. The van der Waals surface area contributed by atoms with Crippen LogP contribution in [-0.2, 0) is 0 Å². The van der Waals surface area contributed by atoms with E-state index in [0.29, 0.717) is 11.7 Å². The fourth-order valence-corrected chi connectivity index (χ4v) is 2.77. The second kappa shape index (κ2) is 4.15. The summed E-state index contributed by atoms with van der Waals surface area (Å²) in [4.78, 5) is 4.66. The smallest absolute Gasteiger partial charge is 0.222 e. The molecule has 2 aromatic heterocycles. The SMILES string of the molecule is c1ccc2c(c1)nc(NC1CCCC1)c1nnnn12. The number of benzene rings is 1. The van der Waals surface area contributed by atoms with Crippen LogP contribution in [0.4, 0.5) is 5.82 Å². The standard InChI is InChI=1S/C13H14N6/c1-2-6-9(5-1)14-12-13-16-17-18-19(13)11-8-4-3-7-10(11)15-12/h3-4,7-9H,1-2,5-6H2,(H,14,15). The summed E-state index contributed by atoms with van der Waals surface area (Å²) in [6.45, 7) is 0. The Labute approximate surface area is 109 Å². The normalized spacial score (nSPS) is 16.4. The summed E-state index contributed by atoms with van der Waals surface area (Å²) in [5.41, 5.74) is 2.54. The number of hydrogen-bond donors (Lipinski definition) is 1. The summed E-state index contributed by atoms with van der Waals surface area (Å²) < 4.78 is 1.75. The van der Waals surface area contributed by atoms with E-state index >= 15 is 0 Å². The minimum Gasteiger partial charge on any atom is -0.364 e. The highest BCUT2D eigenvalue weighted by molar-refractivity contribution is 5.81. The van der Waals surface area contributed by atoms with Gasteiger partial charge >= 0.3 is 0 Å². The van der Waals surface area contributed by atoms with Gasteiger partial charge in [0.15, 0.2) is 5.82 Å². The third-order valence-corrected chi connectivity index (χ3v) is 3.72. The molecule has 96 valence electrons. The Morgan fingerprint density at radius 2 is 2.00 bits per heavy atom. The first kappa shape index (κ1) is 10.7. The van der Waals surface area contributed by atoms with Gasteiger partial charge in [0, 0.05) is 6.04 Å². The number of aromatic nitrogens is 5. The Morgan fingerprint density at radius 1 is 1.16 bits per heavy atom. The van der Waals surface area contributed by atoms with Crippen LogP contribution in [0.3, 0.4) is 0 Å². The molecule has 6 heteroatoms. The Bertz CT molecular complexity index is 728. The molecule has 0 spiro atoms. The monoisotopic (exact) mass is 254 g/mol. The summed E-state index contributed by atoms with van der Waals surface area (Å²) in [5, 5.41) is 15.4. The summed E-state index contributed by atoms with van der Waals surface area (Å²) in [6.07, 6.45) is 4.96. The summed E-state index contributed by atoms with van der Waals surface area (Å²) in [7, 11) is 0. The number of rotatable bonds is 2. The van der Waals surface area contributed by atoms with Gasteiger partial charge in [-0.25, -0.2) is 4.98 Å². The van der Waals surface area contributed by atoms with Gasteiger partial charge in [0.25, 0.3) is 0 Å². The molecule has 0 unspecified atom stereocenters. The van der Waals surface area contributed by atoms with Gasteiger partial charge in [0.05, 0.1) is 11.0 Å². The molecule has 0 aliphatic heterocycles. The van der Waals surface area contributed by atoms with Gasteiger partial charge < -0.3 is 5.32 Å². The van der Waals surface area contributed by atoms with Crippen molar-refractivity contribution in [2.75, 3.05) is 5.32 Å². The van der Waals surface area contributed by atoms with E-state index in [-0.39, 0.29) is 0 Å². The zero-order valence-corrected chi connectivity index (χ0v) is 10.5. The van der Waals surface area contributed by atoms with E-state index in [1.807, 2.05) is 24.3 Å². The third-order valence-electron chi connectivity index (χ3n) is 3.72. The van der Waals surface area contributed by atoms with Gasteiger partial charge in [0.1, 0.15) is 0 Å². The van der Waals surface area contributed by atoms with Gasteiger partial charge in [-0.2, -0.15) is 4.52 Å². The lowest BCUT2D eigenvalue weighted by atomic mass is 10.2. The van der Waals surface area contributed by atoms with Crippen molar-refractivity contribution in [1.29, 1.82) is 0 Å². The van der Waals surface area contributed by atoms with Crippen molar-refractivity contribution in [2.24, 2.45) is 0 Å². The van der Waals surface area contributed by atoms with E-state index in [2.05, 4.69) is 25.8 Å². The second-order valence-electron chi connectivity index (χ2n) is 4.99. The first-order valence-electron chi connectivity index (χ1n) is 6.65. The van der Waals surface area contributed by atoms with E-state index in [9.17, 15) is 0 Å². The quantitative estimate of drug-likeness (QED) is 0.757. The lowest BCUT2D eigenvalue weighted by molar-refractivity contribution is 0.751. The molecule has 1 aromatic carbocycles. The van der Waals surface area contributed by atoms with Crippen LogP contribution in [-0.4, -0.2) is 31.1 Å². The van der Waals surface area contributed by atoms with Crippen molar-refractivity contribution in [3.8, 4) is 0 Å². The predicted octanol–water partition coefficient (Wildman–Crippen LogP) is 2.03. The van der Waals surface area contributed by atoms with Crippen LogP contribution in [0.5, 0.6) is 0 Å². The van der Waals surface area contributed by atoms with Crippen LogP contribution in [0.25, 0.3) is 16.7 Å². The molecule has 1 N–H and O–H groups in total. The number of para-hydroxylation sites is 2. The molecule has 0 saturated heterocycles. The Morgan fingerprint density at radius 3 is 2.89 bits per heavy atom. The zero-order valence-electron chi connectivity index (χ0n) is 10.5. The molecule has 0 amide bonds. The molecule has 2 heterocycles. The zero-order chi connectivity index (χ0) is 12.7. The second-order valence-corrected chi connectivity index (χ2v) is 4.99. The predicted molar refractivity (Wildman–Crippen MR) is 72.0 cm³/mol. The topological polar surface area (TPSA) is 68.0 Å². The number of hydrogen-bond acceptors (Lipinski definition) is 5. The number of nitrogens with one attached hydrogen (secondary N) is 1. The first-order chi connectivity index (χ1) is 9.42. The maximum Gasteiger partial charge on any atom is 0.222 e. The average Bonchev–Trinajstić information content (AvgIpc) is 3.09. The first-order valence-corrected chi connectivity index (χ1v) is 6.65. The van der Waals surface area contributed by atoms with E-state index in [1.165, 1.54) is 25.7 Å². The van der Waals surface area contributed by atoms with E-state index in [1.54, 1.807) is 4.52 Å². The van der Waals surface area contributed by atoms with E-state index < -0.39 is 0 Å². The minimum absolute atomic E-state index is 0.495. The van der Waals surface area contributed by atoms with Crippen molar-refractivity contribution in [1.82, 2.24) is 25.0 Å².